The first-order valence-electron chi connectivity index (χ1n) is 10.2. The van der Waals surface area contributed by atoms with E-state index in [1.165, 1.54) is 24.3 Å². The Labute approximate surface area is 177 Å². The van der Waals surface area contributed by atoms with Crippen LogP contribution in [0.5, 0.6) is 5.75 Å². The van der Waals surface area contributed by atoms with E-state index in [1.54, 1.807) is 0 Å². The second kappa shape index (κ2) is 8.87. The molecule has 2 aromatic carbocycles. The summed E-state index contributed by atoms with van der Waals surface area (Å²) >= 11 is 0. The van der Waals surface area contributed by atoms with Crippen LogP contribution in [0.15, 0.2) is 48.5 Å². The maximum Gasteiger partial charge on any atom is 0.573 e. The number of hydrogen-bond donors (Lipinski definition) is 3. The van der Waals surface area contributed by atoms with Crippen molar-refractivity contribution in [2.75, 3.05) is 5.32 Å². The number of hydrogen-bond acceptors (Lipinski definition) is 4. The number of ether oxygens (including phenoxy) is 1. The highest BCUT2D eigenvalue weighted by Gasteiger charge is 2.31. The standard InChI is InChI=1S/C22H23F3N4O2/c23-22(24,25)31-17-11-5-14(6-12-17)13-26-20(30)15-7-9-16(10-8-15)27-21-28-18-3-1-2-4-19(18)29-21/h1-6,11-12,15-16H,7-10,13H2,(H,26,30)(H2,27,28,29)/t15-,16-. The quantitative estimate of drug-likeness (QED) is 0.525. The molecule has 1 amide bonds. The van der Waals surface area contributed by atoms with Gasteiger partial charge in [-0.25, -0.2) is 4.98 Å². The summed E-state index contributed by atoms with van der Waals surface area (Å²) in [5, 5.41) is 6.30. The van der Waals surface area contributed by atoms with Crippen molar-refractivity contribution >= 4 is 22.9 Å². The van der Waals surface area contributed by atoms with Crippen LogP contribution in [0.25, 0.3) is 11.0 Å². The number of carbonyl (C=O) groups excluding carboxylic acids is 1. The average Bonchev–Trinajstić information content (AvgIpc) is 3.15. The van der Waals surface area contributed by atoms with Crippen molar-refractivity contribution in [2.24, 2.45) is 5.92 Å². The van der Waals surface area contributed by atoms with E-state index in [4.69, 9.17) is 0 Å². The van der Waals surface area contributed by atoms with E-state index in [9.17, 15) is 18.0 Å². The molecule has 0 unspecified atom stereocenters. The fraction of sp³-hybridized carbons (Fsp3) is 0.364. The molecule has 1 heterocycles. The molecule has 0 radical (unpaired) electrons. The van der Waals surface area contributed by atoms with Crippen molar-refractivity contribution in [1.29, 1.82) is 0 Å². The summed E-state index contributed by atoms with van der Waals surface area (Å²) in [5.74, 6) is 0.365. The summed E-state index contributed by atoms with van der Waals surface area (Å²) in [5.41, 5.74) is 2.61. The lowest BCUT2D eigenvalue weighted by molar-refractivity contribution is -0.274. The number of aromatic nitrogens is 2. The van der Waals surface area contributed by atoms with E-state index in [0.29, 0.717) is 5.56 Å². The molecule has 1 saturated carbocycles. The normalized spacial score (nSPS) is 19.2. The number of H-pyrrole nitrogens is 1. The van der Waals surface area contributed by atoms with E-state index >= 15 is 0 Å². The third-order valence-corrected chi connectivity index (χ3v) is 5.45. The predicted octanol–water partition coefficient (Wildman–Crippen LogP) is 4.75. The maximum absolute atomic E-state index is 12.5. The smallest absolute Gasteiger partial charge is 0.406 e. The zero-order valence-electron chi connectivity index (χ0n) is 16.7. The number of rotatable bonds is 6. The molecule has 1 aliphatic carbocycles. The number of benzene rings is 2. The van der Waals surface area contributed by atoms with Crippen molar-refractivity contribution in [1.82, 2.24) is 15.3 Å². The number of alkyl halides is 3. The number of para-hydroxylation sites is 2. The molecule has 0 saturated heterocycles. The van der Waals surface area contributed by atoms with Gasteiger partial charge < -0.3 is 20.4 Å². The van der Waals surface area contributed by atoms with Crippen LogP contribution in [0.1, 0.15) is 31.2 Å². The van der Waals surface area contributed by atoms with Crippen LogP contribution in [-0.2, 0) is 11.3 Å². The van der Waals surface area contributed by atoms with Gasteiger partial charge in [0.15, 0.2) is 0 Å². The van der Waals surface area contributed by atoms with Gasteiger partial charge in [-0.15, -0.1) is 13.2 Å². The highest BCUT2D eigenvalue weighted by molar-refractivity contribution is 5.79. The molecule has 0 atom stereocenters. The minimum absolute atomic E-state index is 0.0298. The Morgan fingerprint density at radius 3 is 2.45 bits per heavy atom. The molecule has 1 fully saturated rings. The molecule has 6 nitrogen and oxygen atoms in total. The minimum Gasteiger partial charge on any atom is -0.406 e. The fourth-order valence-electron chi connectivity index (χ4n) is 3.86. The van der Waals surface area contributed by atoms with Crippen LogP contribution in [0.2, 0.25) is 0 Å². The first kappa shape index (κ1) is 21.0. The van der Waals surface area contributed by atoms with Crippen molar-refractivity contribution < 1.29 is 22.7 Å². The van der Waals surface area contributed by atoms with Crippen molar-refractivity contribution in [3.8, 4) is 5.75 Å². The molecule has 1 aliphatic rings. The van der Waals surface area contributed by atoms with Gasteiger partial charge in [-0.3, -0.25) is 4.79 Å². The number of nitrogens with one attached hydrogen (secondary N) is 3. The van der Waals surface area contributed by atoms with Crippen LogP contribution in [0.3, 0.4) is 0 Å². The van der Waals surface area contributed by atoms with Crippen LogP contribution < -0.4 is 15.4 Å². The Balaban J connectivity index is 1.22. The van der Waals surface area contributed by atoms with Gasteiger partial charge in [0.05, 0.1) is 11.0 Å². The van der Waals surface area contributed by atoms with E-state index in [-0.39, 0.29) is 30.2 Å². The van der Waals surface area contributed by atoms with Crippen LogP contribution >= 0.6 is 0 Å². The molecule has 0 spiro atoms. The van der Waals surface area contributed by atoms with Gasteiger partial charge in [-0.05, 0) is 55.5 Å². The molecule has 0 aliphatic heterocycles. The van der Waals surface area contributed by atoms with Gasteiger partial charge in [0, 0.05) is 18.5 Å². The fourth-order valence-corrected chi connectivity index (χ4v) is 3.86. The number of fused-ring (bicyclic) bond motifs is 1. The Morgan fingerprint density at radius 1 is 1.06 bits per heavy atom. The molecule has 164 valence electrons. The number of halogens is 3. The lowest BCUT2D eigenvalue weighted by atomic mass is 9.85. The number of amides is 1. The molecular formula is C22H23F3N4O2. The van der Waals surface area contributed by atoms with E-state index < -0.39 is 6.36 Å². The van der Waals surface area contributed by atoms with E-state index in [0.717, 1.165) is 42.7 Å². The van der Waals surface area contributed by atoms with Gasteiger partial charge in [-0.1, -0.05) is 24.3 Å². The van der Waals surface area contributed by atoms with Crippen molar-refractivity contribution in [3.05, 3.63) is 54.1 Å². The summed E-state index contributed by atoms with van der Waals surface area (Å²) in [4.78, 5) is 20.3. The number of anilines is 1. The third kappa shape index (κ3) is 5.68. The summed E-state index contributed by atoms with van der Waals surface area (Å²) < 4.78 is 40.5. The van der Waals surface area contributed by atoms with Gasteiger partial charge in [0.2, 0.25) is 11.9 Å². The zero-order valence-corrected chi connectivity index (χ0v) is 16.7. The lowest BCUT2D eigenvalue weighted by Gasteiger charge is -2.28. The zero-order chi connectivity index (χ0) is 21.8. The summed E-state index contributed by atoms with van der Waals surface area (Å²) in [7, 11) is 0. The molecule has 9 heteroatoms. The molecule has 1 aromatic heterocycles. The second-order valence-electron chi connectivity index (χ2n) is 7.71. The highest BCUT2D eigenvalue weighted by Crippen LogP contribution is 2.27. The van der Waals surface area contributed by atoms with Gasteiger partial charge >= 0.3 is 6.36 Å². The number of nitrogens with zero attached hydrogens (tertiary/aromatic N) is 1. The van der Waals surface area contributed by atoms with Gasteiger partial charge in [0.25, 0.3) is 0 Å². The van der Waals surface area contributed by atoms with E-state index in [2.05, 4.69) is 25.3 Å². The van der Waals surface area contributed by atoms with Gasteiger partial charge in [0.1, 0.15) is 5.75 Å². The van der Waals surface area contributed by atoms with Crippen molar-refractivity contribution in [3.63, 3.8) is 0 Å². The molecule has 3 N–H and O–H groups in total. The Kier molecular flexibility index (Phi) is 6.01. The number of imidazole rings is 1. The average molecular weight is 432 g/mol. The number of aromatic amines is 1. The molecule has 4 rings (SSSR count). The Bertz CT molecular complexity index is 992. The maximum atomic E-state index is 12.5. The highest BCUT2D eigenvalue weighted by atomic mass is 19.4. The van der Waals surface area contributed by atoms with Crippen LogP contribution in [-0.4, -0.2) is 28.3 Å². The lowest BCUT2D eigenvalue weighted by Crippen LogP contribution is -2.35. The first-order chi connectivity index (χ1) is 14.9. The topological polar surface area (TPSA) is 79.0 Å². The number of carbonyl (C=O) groups is 1. The largest absolute Gasteiger partial charge is 0.573 e. The van der Waals surface area contributed by atoms with E-state index in [1.807, 2.05) is 24.3 Å². The Morgan fingerprint density at radius 2 is 1.77 bits per heavy atom. The monoisotopic (exact) mass is 432 g/mol. The Hall–Kier alpha value is -3.23. The van der Waals surface area contributed by atoms with Gasteiger partial charge in [-0.2, -0.15) is 0 Å². The second-order valence-corrected chi connectivity index (χ2v) is 7.71. The van der Waals surface area contributed by atoms with Crippen LogP contribution in [0.4, 0.5) is 19.1 Å². The summed E-state index contributed by atoms with van der Waals surface area (Å²) in [6, 6.07) is 13.6. The molecular weight excluding hydrogens is 409 g/mol. The summed E-state index contributed by atoms with van der Waals surface area (Å²) in [6.07, 6.45) is -1.46. The summed E-state index contributed by atoms with van der Waals surface area (Å²) in [6.45, 7) is 0.266. The first-order valence-corrected chi connectivity index (χ1v) is 10.2. The predicted molar refractivity (Wildman–Crippen MR) is 110 cm³/mol. The molecule has 31 heavy (non-hydrogen) atoms. The van der Waals surface area contributed by atoms with Crippen molar-refractivity contribution in [2.45, 2.75) is 44.6 Å². The molecule has 0 bridgehead atoms. The SMILES string of the molecule is O=C(NCc1ccc(OC(F)(F)F)cc1)[C@H]1CC[C@H](Nc2nc3ccccc3[nH]2)CC1. The molecule has 3 aromatic rings. The third-order valence-electron chi connectivity index (χ3n) is 5.45. The van der Waals surface area contributed by atoms with Crippen LogP contribution in [0, 0.1) is 5.92 Å². The minimum atomic E-state index is -4.71.